The summed E-state index contributed by atoms with van der Waals surface area (Å²) in [7, 11) is 0. The van der Waals surface area contributed by atoms with Crippen LogP contribution >= 0.6 is 0 Å². The summed E-state index contributed by atoms with van der Waals surface area (Å²) in [5.41, 5.74) is 5.15. The first-order chi connectivity index (χ1) is 11.2. The van der Waals surface area contributed by atoms with E-state index in [-0.39, 0.29) is 5.82 Å². The van der Waals surface area contributed by atoms with Crippen molar-refractivity contribution in [2.45, 2.75) is 26.2 Å². The number of H-pyrrole nitrogens is 1. The zero-order valence-electron chi connectivity index (χ0n) is 13.3. The Balaban J connectivity index is 1.75. The van der Waals surface area contributed by atoms with Gasteiger partial charge in [0.2, 0.25) is 0 Å². The minimum absolute atomic E-state index is 0.245. The molecule has 3 aromatic rings. The first-order valence-electron chi connectivity index (χ1n) is 8.22. The number of hydrogen-bond donors (Lipinski definition) is 1. The lowest BCUT2D eigenvalue weighted by atomic mass is 10.1. The third kappa shape index (κ3) is 2.69. The van der Waals surface area contributed by atoms with Crippen molar-refractivity contribution >= 4 is 16.7 Å². The Morgan fingerprint density at radius 2 is 1.87 bits per heavy atom. The van der Waals surface area contributed by atoms with Crippen LogP contribution in [-0.4, -0.2) is 23.1 Å². The van der Waals surface area contributed by atoms with Crippen LogP contribution in [0.15, 0.2) is 36.4 Å². The van der Waals surface area contributed by atoms with E-state index in [9.17, 15) is 4.39 Å². The molecule has 0 spiro atoms. The van der Waals surface area contributed by atoms with E-state index in [1.54, 1.807) is 6.07 Å². The van der Waals surface area contributed by atoms with E-state index in [1.807, 2.05) is 0 Å². The summed E-state index contributed by atoms with van der Waals surface area (Å²) < 4.78 is 13.4. The van der Waals surface area contributed by atoms with Crippen molar-refractivity contribution < 1.29 is 4.39 Å². The Labute approximate surface area is 135 Å². The molecule has 0 amide bonds. The molecule has 118 valence electrons. The van der Waals surface area contributed by atoms with Crippen molar-refractivity contribution in [2.24, 2.45) is 0 Å². The fraction of sp³-hybridized carbons (Fsp3) is 0.316. The highest BCUT2D eigenvalue weighted by atomic mass is 19.1. The minimum Gasteiger partial charge on any atom is -0.371 e. The van der Waals surface area contributed by atoms with Crippen molar-refractivity contribution in [3.8, 4) is 11.4 Å². The van der Waals surface area contributed by atoms with Crippen LogP contribution in [0, 0.1) is 12.7 Å². The van der Waals surface area contributed by atoms with Crippen LogP contribution in [0.3, 0.4) is 0 Å². The van der Waals surface area contributed by atoms with Crippen molar-refractivity contribution in [2.75, 3.05) is 18.0 Å². The summed E-state index contributed by atoms with van der Waals surface area (Å²) in [6.07, 6.45) is 3.84. The summed E-state index contributed by atoms with van der Waals surface area (Å²) in [6, 6.07) is 11.1. The number of piperidine rings is 1. The monoisotopic (exact) mass is 309 g/mol. The van der Waals surface area contributed by atoms with Gasteiger partial charge in [0.05, 0.1) is 11.0 Å². The molecule has 1 aliphatic heterocycles. The van der Waals surface area contributed by atoms with Crippen molar-refractivity contribution in [3.05, 3.63) is 47.8 Å². The molecule has 0 saturated carbocycles. The lowest BCUT2D eigenvalue weighted by molar-refractivity contribution is 0.577. The summed E-state index contributed by atoms with van der Waals surface area (Å²) in [4.78, 5) is 10.3. The van der Waals surface area contributed by atoms with Gasteiger partial charge < -0.3 is 9.88 Å². The number of hydrogen-bond acceptors (Lipinski definition) is 2. The molecule has 3 nitrogen and oxygen atoms in total. The molecule has 2 heterocycles. The Morgan fingerprint density at radius 1 is 1.04 bits per heavy atom. The van der Waals surface area contributed by atoms with Crippen LogP contribution < -0.4 is 4.90 Å². The van der Waals surface area contributed by atoms with Gasteiger partial charge in [0.25, 0.3) is 0 Å². The predicted molar refractivity (Wildman–Crippen MR) is 92.3 cm³/mol. The van der Waals surface area contributed by atoms with Gasteiger partial charge in [-0.25, -0.2) is 9.37 Å². The number of anilines is 1. The van der Waals surface area contributed by atoms with Crippen molar-refractivity contribution in [1.82, 2.24) is 9.97 Å². The lowest BCUT2D eigenvalue weighted by Gasteiger charge is -2.30. The number of aromatic amines is 1. The second kappa shape index (κ2) is 5.69. The largest absolute Gasteiger partial charge is 0.371 e. The number of nitrogens with zero attached hydrogens (tertiary/aromatic N) is 2. The lowest BCUT2D eigenvalue weighted by Crippen LogP contribution is -2.29. The number of halogens is 1. The molecule has 1 aliphatic rings. The second-order valence-corrected chi connectivity index (χ2v) is 6.30. The number of nitrogens with one attached hydrogen (secondary N) is 1. The SMILES string of the molecule is Cc1ccc(-c2nc3ccc(F)cc3[nH]2)cc1N1CCCCC1. The van der Waals surface area contributed by atoms with E-state index in [0.29, 0.717) is 0 Å². The molecule has 1 N–H and O–H groups in total. The van der Waals surface area contributed by atoms with Gasteiger partial charge in [-0.3, -0.25) is 0 Å². The van der Waals surface area contributed by atoms with Crippen LogP contribution in [0.2, 0.25) is 0 Å². The zero-order chi connectivity index (χ0) is 15.8. The molecule has 0 atom stereocenters. The molecular weight excluding hydrogens is 289 g/mol. The fourth-order valence-corrected chi connectivity index (χ4v) is 3.35. The number of benzene rings is 2. The number of imidazole rings is 1. The molecule has 1 aromatic heterocycles. The van der Waals surface area contributed by atoms with Gasteiger partial charge in [-0.1, -0.05) is 12.1 Å². The predicted octanol–water partition coefficient (Wildman–Crippen LogP) is 4.67. The van der Waals surface area contributed by atoms with E-state index in [1.165, 1.54) is 42.6 Å². The number of aromatic nitrogens is 2. The average Bonchev–Trinajstić information content (AvgIpc) is 2.99. The Kier molecular flexibility index (Phi) is 3.52. The highest BCUT2D eigenvalue weighted by Gasteiger charge is 2.15. The first-order valence-corrected chi connectivity index (χ1v) is 8.22. The van der Waals surface area contributed by atoms with Crippen molar-refractivity contribution in [1.29, 1.82) is 0 Å². The van der Waals surface area contributed by atoms with Crippen LogP contribution in [0.1, 0.15) is 24.8 Å². The summed E-state index contributed by atoms with van der Waals surface area (Å²) in [5.74, 6) is 0.550. The number of fused-ring (bicyclic) bond motifs is 1. The van der Waals surface area contributed by atoms with Crippen LogP contribution in [0.25, 0.3) is 22.4 Å². The average molecular weight is 309 g/mol. The van der Waals surface area contributed by atoms with E-state index in [0.717, 1.165) is 35.5 Å². The molecule has 0 bridgehead atoms. The van der Waals surface area contributed by atoms with Gasteiger partial charge in [-0.05, 0) is 56.0 Å². The maximum Gasteiger partial charge on any atom is 0.138 e. The van der Waals surface area contributed by atoms with Gasteiger partial charge in [0.1, 0.15) is 11.6 Å². The normalized spacial score (nSPS) is 15.3. The van der Waals surface area contributed by atoms with Crippen LogP contribution in [-0.2, 0) is 0 Å². The minimum atomic E-state index is -0.245. The maximum atomic E-state index is 13.4. The fourth-order valence-electron chi connectivity index (χ4n) is 3.35. The van der Waals surface area contributed by atoms with Gasteiger partial charge >= 0.3 is 0 Å². The third-order valence-corrected chi connectivity index (χ3v) is 4.62. The topological polar surface area (TPSA) is 31.9 Å². The summed E-state index contributed by atoms with van der Waals surface area (Å²) in [6.45, 7) is 4.40. The maximum absolute atomic E-state index is 13.4. The Morgan fingerprint density at radius 3 is 2.70 bits per heavy atom. The molecule has 0 unspecified atom stereocenters. The first kappa shape index (κ1) is 14.2. The van der Waals surface area contributed by atoms with Gasteiger partial charge in [0, 0.05) is 24.3 Å². The quantitative estimate of drug-likeness (QED) is 0.746. The van der Waals surface area contributed by atoms with E-state index in [2.05, 4.69) is 40.0 Å². The molecule has 0 radical (unpaired) electrons. The molecule has 4 rings (SSSR count). The molecule has 23 heavy (non-hydrogen) atoms. The smallest absolute Gasteiger partial charge is 0.138 e. The van der Waals surface area contributed by atoms with E-state index < -0.39 is 0 Å². The molecule has 1 fully saturated rings. The Bertz CT molecular complexity index is 847. The van der Waals surface area contributed by atoms with E-state index in [4.69, 9.17) is 0 Å². The molecular formula is C19H20FN3. The highest BCUT2D eigenvalue weighted by Crippen LogP contribution is 2.29. The molecule has 4 heteroatoms. The number of aryl methyl sites for hydroxylation is 1. The van der Waals surface area contributed by atoms with Gasteiger partial charge in [0.15, 0.2) is 0 Å². The van der Waals surface area contributed by atoms with Gasteiger partial charge in [-0.2, -0.15) is 0 Å². The molecule has 2 aromatic carbocycles. The molecule has 0 aliphatic carbocycles. The number of rotatable bonds is 2. The van der Waals surface area contributed by atoms with Crippen LogP contribution in [0.5, 0.6) is 0 Å². The van der Waals surface area contributed by atoms with Crippen molar-refractivity contribution in [3.63, 3.8) is 0 Å². The summed E-state index contributed by atoms with van der Waals surface area (Å²) in [5, 5.41) is 0. The standard InChI is InChI=1S/C19H20FN3/c1-13-5-6-14(11-18(13)23-9-3-2-4-10-23)19-21-16-8-7-15(20)12-17(16)22-19/h5-8,11-12H,2-4,9-10H2,1H3,(H,21,22). The van der Waals surface area contributed by atoms with Crippen LogP contribution in [0.4, 0.5) is 10.1 Å². The van der Waals surface area contributed by atoms with Gasteiger partial charge in [-0.15, -0.1) is 0 Å². The molecule has 1 saturated heterocycles. The Hall–Kier alpha value is -2.36. The highest BCUT2D eigenvalue weighted by molar-refractivity contribution is 5.80. The zero-order valence-corrected chi connectivity index (χ0v) is 13.3. The third-order valence-electron chi connectivity index (χ3n) is 4.62. The second-order valence-electron chi connectivity index (χ2n) is 6.30. The van der Waals surface area contributed by atoms with E-state index >= 15 is 0 Å². The summed E-state index contributed by atoms with van der Waals surface area (Å²) >= 11 is 0.